The van der Waals surface area contributed by atoms with Gasteiger partial charge in [0.1, 0.15) is 11.3 Å². The van der Waals surface area contributed by atoms with Crippen molar-refractivity contribution in [2.24, 2.45) is 11.0 Å². The maximum Gasteiger partial charge on any atom is 0.200 e. The lowest BCUT2D eigenvalue weighted by atomic mass is 9.83. The number of sulfone groups is 1. The lowest BCUT2D eigenvalue weighted by Crippen LogP contribution is -2.28. The van der Waals surface area contributed by atoms with E-state index in [1.807, 2.05) is 6.92 Å². The number of carbonyl (C=O) groups excluding carboxylic acids is 2. The van der Waals surface area contributed by atoms with Crippen LogP contribution in [0.2, 0.25) is 0 Å². The molecule has 1 aliphatic carbocycles. The average Bonchev–Trinajstić information content (AvgIpc) is 2.58. The van der Waals surface area contributed by atoms with Gasteiger partial charge in [-0.25, -0.2) is 8.42 Å². The third-order valence-corrected chi connectivity index (χ3v) is 7.26. The van der Waals surface area contributed by atoms with E-state index in [0.29, 0.717) is 22.4 Å². The lowest BCUT2D eigenvalue weighted by molar-refractivity contribution is -0.116. The number of ketones is 2. The summed E-state index contributed by atoms with van der Waals surface area (Å²) in [6, 6.07) is 1.51. The van der Waals surface area contributed by atoms with Gasteiger partial charge in [0.2, 0.25) is 0 Å². The monoisotopic (exact) mass is 418 g/mol. The summed E-state index contributed by atoms with van der Waals surface area (Å²) in [4.78, 5) is 25.9. The molecule has 0 bridgehead atoms. The molecule has 0 aromatic heterocycles. The van der Waals surface area contributed by atoms with Gasteiger partial charge in [-0.1, -0.05) is 6.92 Å². The Morgan fingerprint density at radius 3 is 2.48 bits per heavy atom. The molecule has 1 aromatic rings. The number of fused-ring (bicyclic) bond motifs is 1. The van der Waals surface area contributed by atoms with Crippen LogP contribution in [0.3, 0.4) is 0 Å². The summed E-state index contributed by atoms with van der Waals surface area (Å²) in [6.45, 7) is 5.16. The van der Waals surface area contributed by atoms with E-state index in [0.717, 1.165) is 0 Å². The minimum absolute atomic E-state index is 0.0191. The Kier molecular flexibility index (Phi) is 5.42. The average molecular weight is 419 g/mol. The maximum atomic E-state index is 13.2. The van der Waals surface area contributed by atoms with Crippen LogP contribution in [0.1, 0.15) is 53.2 Å². The Hall–Kier alpha value is -2.48. The van der Waals surface area contributed by atoms with Crippen LogP contribution in [0.25, 0.3) is 0 Å². The number of hydrazone groups is 1. The van der Waals surface area contributed by atoms with Crippen LogP contribution < -0.4 is 0 Å². The highest BCUT2D eigenvalue weighted by atomic mass is 32.2. The summed E-state index contributed by atoms with van der Waals surface area (Å²) in [5.74, 6) is -1.19. The van der Waals surface area contributed by atoms with Crippen molar-refractivity contribution in [2.75, 3.05) is 19.8 Å². The standard InChI is InChI=1S/C21H26N2O5S/c1-11-8-16(24)19(17(25)9-11)20(26)14-10-12(2)21-18(13(14)3)15(22-23(4)5)6-7-29(21,27)28/h10-11,24H,6-9H2,1-5H3/b22-15+. The molecule has 3 rings (SSSR count). The SMILES string of the molecule is Cc1cc(C(=O)C2=C(O)CC(C)CC2=O)c(C)c2c1S(=O)(=O)CC/C2=N\N(C)C. The highest BCUT2D eigenvalue weighted by molar-refractivity contribution is 7.91. The topological polar surface area (TPSA) is 104 Å². The summed E-state index contributed by atoms with van der Waals surface area (Å²) >= 11 is 0. The van der Waals surface area contributed by atoms with Gasteiger partial charge in [0.15, 0.2) is 21.4 Å². The Bertz CT molecular complexity index is 1080. The van der Waals surface area contributed by atoms with E-state index in [1.165, 1.54) is 6.07 Å². The Morgan fingerprint density at radius 2 is 1.90 bits per heavy atom. The van der Waals surface area contributed by atoms with Gasteiger partial charge in [-0.05, 0) is 37.0 Å². The second kappa shape index (κ2) is 7.40. The zero-order chi connectivity index (χ0) is 21.7. The van der Waals surface area contributed by atoms with Gasteiger partial charge >= 0.3 is 0 Å². The highest BCUT2D eigenvalue weighted by Crippen LogP contribution is 2.35. The number of benzene rings is 1. The van der Waals surface area contributed by atoms with Crippen molar-refractivity contribution < 1.29 is 23.1 Å². The number of nitrogens with zero attached hydrogens (tertiary/aromatic N) is 2. The third-order valence-electron chi connectivity index (χ3n) is 5.37. The van der Waals surface area contributed by atoms with Gasteiger partial charge in [-0.3, -0.25) is 9.59 Å². The Labute approximate surface area is 171 Å². The summed E-state index contributed by atoms with van der Waals surface area (Å²) in [5.41, 5.74) is 1.98. The number of aliphatic hydroxyl groups is 1. The molecule has 0 saturated heterocycles. The number of Topliss-reactive ketones (excluding diaryl/α,β-unsaturated/α-hetero) is 2. The van der Waals surface area contributed by atoms with Gasteiger partial charge in [-0.2, -0.15) is 5.10 Å². The van der Waals surface area contributed by atoms with Crippen LogP contribution in [0.5, 0.6) is 0 Å². The van der Waals surface area contributed by atoms with Crippen molar-refractivity contribution in [1.29, 1.82) is 0 Å². The molecule has 0 spiro atoms. The smallest absolute Gasteiger partial charge is 0.200 e. The number of hydrogen-bond acceptors (Lipinski definition) is 7. The van der Waals surface area contributed by atoms with Crippen molar-refractivity contribution in [1.82, 2.24) is 5.01 Å². The molecule has 1 aliphatic heterocycles. The van der Waals surface area contributed by atoms with E-state index >= 15 is 0 Å². The van der Waals surface area contributed by atoms with E-state index in [-0.39, 0.29) is 58.5 Å². The molecule has 156 valence electrons. The van der Waals surface area contributed by atoms with Crippen molar-refractivity contribution in [3.8, 4) is 0 Å². The molecule has 1 N–H and O–H groups in total. The summed E-state index contributed by atoms with van der Waals surface area (Å²) in [7, 11) is -0.00366. The first-order valence-corrected chi connectivity index (χ1v) is 11.2. The lowest BCUT2D eigenvalue weighted by Gasteiger charge is -2.26. The predicted octanol–water partition coefficient (Wildman–Crippen LogP) is 2.74. The maximum absolute atomic E-state index is 13.2. The van der Waals surface area contributed by atoms with Gasteiger partial charge in [0.25, 0.3) is 0 Å². The predicted molar refractivity (Wildman–Crippen MR) is 110 cm³/mol. The van der Waals surface area contributed by atoms with Crippen LogP contribution in [-0.2, 0) is 14.6 Å². The number of hydrogen-bond donors (Lipinski definition) is 1. The Balaban J connectivity index is 2.27. The second-order valence-electron chi connectivity index (χ2n) is 8.12. The van der Waals surface area contributed by atoms with Crippen LogP contribution in [0, 0.1) is 19.8 Å². The summed E-state index contributed by atoms with van der Waals surface area (Å²) in [5, 5.41) is 16.3. The normalized spacial score (nSPS) is 22.6. The fraction of sp³-hybridized carbons (Fsp3) is 0.476. The van der Waals surface area contributed by atoms with Gasteiger partial charge in [-0.15, -0.1) is 0 Å². The zero-order valence-electron chi connectivity index (χ0n) is 17.4. The van der Waals surface area contributed by atoms with Crippen molar-refractivity contribution >= 4 is 27.1 Å². The van der Waals surface area contributed by atoms with Crippen molar-refractivity contribution in [3.63, 3.8) is 0 Å². The van der Waals surface area contributed by atoms with E-state index < -0.39 is 15.6 Å². The van der Waals surface area contributed by atoms with Crippen LogP contribution in [0.4, 0.5) is 0 Å². The first kappa shape index (κ1) is 21.2. The first-order valence-electron chi connectivity index (χ1n) is 9.56. The molecule has 1 heterocycles. The first-order chi connectivity index (χ1) is 13.4. The number of carbonyl (C=O) groups is 2. The fourth-order valence-corrected chi connectivity index (χ4v) is 5.95. The van der Waals surface area contributed by atoms with Crippen LogP contribution in [-0.4, -0.2) is 55.7 Å². The highest BCUT2D eigenvalue weighted by Gasteiger charge is 2.36. The quantitative estimate of drug-likeness (QED) is 0.460. The molecule has 29 heavy (non-hydrogen) atoms. The number of rotatable bonds is 3. The van der Waals surface area contributed by atoms with Gasteiger partial charge in [0, 0.05) is 44.5 Å². The molecule has 2 aliphatic rings. The van der Waals surface area contributed by atoms with E-state index in [2.05, 4.69) is 5.10 Å². The van der Waals surface area contributed by atoms with Crippen molar-refractivity contribution in [2.45, 2.75) is 44.9 Å². The number of allylic oxidation sites excluding steroid dienone is 2. The molecule has 1 unspecified atom stereocenters. The molecule has 0 radical (unpaired) electrons. The Morgan fingerprint density at radius 1 is 1.24 bits per heavy atom. The largest absolute Gasteiger partial charge is 0.511 e. The van der Waals surface area contributed by atoms with E-state index in [1.54, 1.807) is 33.0 Å². The molecular weight excluding hydrogens is 392 g/mol. The van der Waals surface area contributed by atoms with Crippen LogP contribution in [0.15, 0.2) is 27.4 Å². The van der Waals surface area contributed by atoms with Crippen LogP contribution >= 0.6 is 0 Å². The molecule has 7 nitrogen and oxygen atoms in total. The van der Waals surface area contributed by atoms with Gasteiger partial charge < -0.3 is 10.1 Å². The minimum Gasteiger partial charge on any atom is -0.511 e. The molecule has 8 heteroatoms. The van der Waals surface area contributed by atoms with E-state index in [9.17, 15) is 23.1 Å². The third kappa shape index (κ3) is 3.73. The second-order valence-corrected chi connectivity index (χ2v) is 10.2. The molecular formula is C21H26N2O5S. The molecule has 0 amide bonds. The summed E-state index contributed by atoms with van der Waals surface area (Å²) < 4.78 is 25.5. The number of aryl methyl sites for hydroxylation is 1. The minimum atomic E-state index is -3.50. The van der Waals surface area contributed by atoms with Crippen molar-refractivity contribution in [3.05, 3.63) is 39.7 Å². The molecule has 1 atom stereocenters. The molecule has 1 aromatic carbocycles. The molecule has 0 fully saturated rings. The van der Waals surface area contributed by atoms with E-state index in [4.69, 9.17) is 0 Å². The summed E-state index contributed by atoms with van der Waals surface area (Å²) in [6.07, 6.45) is 0.725. The molecule has 0 saturated carbocycles. The number of aliphatic hydroxyl groups excluding tert-OH is 1. The van der Waals surface area contributed by atoms with Gasteiger partial charge in [0.05, 0.1) is 16.4 Å². The fourth-order valence-electron chi connectivity index (χ4n) is 4.15. The zero-order valence-corrected chi connectivity index (χ0v) is 18.2.